The molecule has 0 amide bonds. The number of hydrogen-bond donors (Lipinski definition) is 1. The summed E-state index contributed by atoms with van der Waals surface area (Å²) in [5, 5.41) is 3.54. The minimum atomic E-state index is -0.158. The van der Waals surface area contributed by atoms with Crippen molar-refractivity contribution in [3.8, 4) is 0 Å². The van der Waals surface area contributed by atoms with Crippen LogP contribution in [0.15, 0.2) is 18.2 Å². The Labute approximate surface area is 103 Å². The van der Waals surface area contributed by atoms with E-state index in [1.54, 1.807) is 12.1 Å². The van der Waals surface area contributed by atoms with Gasteiger partial charge in [0.1, 0.15) is 5.82 Å². The fourth-order valence-corrected chi connectivity index (χ4v) is 2.49. The van der Waals surface area contributed by atoms with Crippen molar-refractivity contribution in [2.75, 3.05) is 25.5 Å². The molecule has 17 heavy (non-hydrogen) atoms. The predicted octanol–water partition coefficient (Wildman–Crippen LogP) is 2.58. The lowest BCUT2D eigenvalue weighted by Gasteiger charge is -2.26. The minimum Gasteiger partial charge on any atom is -0.377 e. The normalized spacial score (nSPS) is 20.3. The van der Waals surface area contributed by atoms with Crippen molar-refractivity contribution >= 4 is 5.69 Å². The average Bonchev–Trinajstić information content (AvgIpc) is 2.32. The molecule has 1 N–H and O–H groups in total. The molecule has 0 bridgehead atoms. The maximum absolute atomic E-state index is 13.2. The van der Waals surface area contributed by atoms with E-state index in [1.165, 1.54) is 24.8 Å². The van der Waals surface area contributed by atoms with Gasteiger partial charge in [0.2, 0.25) is 0 Å². The van der Waals surface area contributed by atoms with Gasteiger partial charge in [-0.2, -0.15) is 0 Å². The van der Waals surface area contributed by atoms with Crippen molar-refractivity contribution in [3.05, 3.63) is 29.6 Å². The summed E-state index contributed by atoms with van der Waals surface area (Å²) in [4.78, 5) is 1.99. The fraction of sp³-hybridized carbons (Fsp3) is 0.571. The smallest absolute Gasteiger partial charge is 0.125 e. The predicted molar refractivity (Wildman–Crippen MR) is 70.1 cm³/mol. The van der Waals surface area contributed by atoms with E-state index in [4.69, 9.17) is 0 Å². The molecule has 0 spiro atoms. The summed E-state index contributed by atoms with van der Waals surface area (Å²) in [6.07, 6.45) is 4.80. The number of nitrogens with zero attached hydrogens (tertiary/aromatic N) is 1. The van der Waals surface area contributed by atoms with Crippen LogP contribution in [-0.4, -0.2) is 26.7 Å². The van der Waals surface area contributed by atoms with Crippen LogP contribution in [0, 0.1) is 5.82 Å². The molecule has 0 aromatic heterocycles. The SMILES string of the molecule is CN(C)c1cc(F)ccc1CC1CCCCN1. The summed E-state index contributed by atoms with van der Waals surface area (Å²) in [6.45, 7) is 1.11. The van der Waals surface area contributed by atoms with E-state index in [0.717, 1.165) is 18.7 Å². The highest BCUT2D eigenvalue weighted by molar-refractivity contribution is 5.53. The van der Waals surface area contributed by atoms with Crippen LogP contribution in [0.1, 0.15) is 24.8 Å². The summed E-state index contributed by atoms with van der Waals surface area (Å²) >= 11 is 0. The number of benzene rings is 1. The zero-order valence-electron chi connectivity index (χ0n) is 10.7. The Morgan fingerprint density at radius 2 is 2.18 bits per heavy atom. The van der Waals surface area contributed by atoms with Crippen molar-refractivity contribution in [3.63, 3.8) is 0 Å². The van der Waals surface area contributed by atoms with E-state index < -0.39 is 0 Å². The molecule has 0 aliphatic carbocycles. The van der Waals surface area contributed by atoms with E-state index in [1.807, 2.05) is 25.1 Å². The third kappa shape index (κ3) is 3.19. The van der Waals surface area contributed by atoms with E-state index in [0.29, 0.717) is 6.04 Å². The Morgan fingerprint density at radius 1 is 1.35 bits per heavy atom. The Hall–Kier alpha value is -1.09. The number of rotatable bonds is 3. The Balaban J connectivity index is 2.13. The molecule has 1 unspecified atom stereocenters. The largest absolute Gasteiger partial charge is 0.377 e. The molecule has 1 heterocycles. The van der Waals surface area contributed by atoms with Gasteiger partial charge in [0.25, 0.3) is 0 Å². The van der Waals surface area contributed by atoms with Crippen LogP contribution >= 0.6 is 0 Å². The van der Waals surface area contributed by atoms with Gasteiger partial charge in [0.05, 0.1) is 0 Å². The van der Waals surface area contributed by atoms with Crippen molar-refractivity contribution in [1.82, 2.24) is 5.32 Å². The third-order valence-electron chi connectivity index (χ3n) is 3.41. The van der Waals surface area contributed by atoms with E-state index in [2.05, 4.69) is 5.32 Å². The zero-order chi connectivity index (χ0) is 12.3. The van der Waals surface area contributed by atoms with E-state index in [-0.39, 0.29) is 5.82 Å². The van der Waals surface area contributed by atoms with Gasteiger partial charge in [-0.15, -0.1) is 0 Å². The third-order valence-corrected chi connectivity index (χ3v) is 3.41. The van der Waals surface area contributed by atoms with Crippen molar-refractivity contribution in [2.24, 2.45) is 0 Å². The molecule has 1 atom stereocenters. The van der Waals surface area contributed by atoms with Crippen LogP contribution in [0.5, 0.6) is 0 Å². The number of halogens is 1. The second kappa shape index (κ2) is 5.50. The summed E-state index contributed by atoms with van der Waals surface area (Å²) in [7, 11) is 3.93. The molecule has 1 aliphatic rings. The van der Waals surface area contributed by atoms with Crippen LogP contribution in [0.25, 0.3) is 0 Å². The van der Waals surface area contributed by atoms with Gasteiger partial charge in [-0.1, -0.05) is 12.5 Å². The van der Waals surface area contributed by atoms with Gasteiger partial charge in [0, 0.05) is 25.8 Å². The van der Waals surface area contributed by atoms with Gasteiger partial charge in [-0.3, -0.25) is 0 Å². The molecule has 1 aliphatic heterocycles. The molecule has 94 valence electrons. The minimum absolute atomic E-state index is 0.158. The molecule has 1 aromatic carbocycles. The van der Waals surface area contributed by atoms with E-state index >= 15 is 0 Å². The molecule has 3 heteroatoms. The highest BCUT2D eigenvalue weighted by Gasteiger charge is 2.15. The zero-order valence-corrected chi connectivity index (χ0v) is 10.7. The van der Waals surface area contributed by atoms with Gasteiger partial charge in [-0.05, 0) is 43.5 Å². The lowest BCUT2D eigenvalue weighted by molar-refractivity contribution is 0.399. The van der Waals surface area contributed by atoms with Crippen LogP contribution in [0.3, 0.4) is 0 Å². The first-order valence-corrected chi connectivity index (χ1v) is 6.36. The van der Waals surface area contributed by atoms with Crippen molar-refractivity contribution < 1.29 is 4.39 Å². The van der Waals surface area contributed by atoms with Gasteiger partial charge in [0.15, 0.2) is 0 Å². The molecular weight excluding hydrogens is 215 g/mol. The summed E-state index contributed by atoms with van der Waals surface area (Å²) in [5.74, 6) is -0.158. The van der Waals surface area contributed by atoms with E-state index in [9.17, 15) is 4.39 Å². The summed E-state index contributed by atoms with van der Waals surface area (Å²) in [6, 6.07) is 5.65. The lowest BCUT2D eigenvalue weighted by Crippen LogP contribution is -2.35. The molecule has 0 radical (unpaired) electrons. The Bertz CT molecular complexity index is 370. The van der Waals surface area contributed by atoms with Gasteiger partial charge in [-0.25, -0.2) is 4.39 Å². The average molecular weight is 236 g/mol. The van der Waals surface area contributed by atoms with Crippen LogP contribution < -0.4 is 10.2 Å². The topological polar surface area (TPSA) is 15.3 Å². The maximum Gasteiger partial charge on any atom is 0.125 e. The molecule has 2 nitrogen and oxygen atoms in total. The Kier molecular flexibility index (Phi) is 4.00. The molecule has 2 rings (SSSR count). The first-order valence-electron chi connectivity index (χ1n) is 6.36. The number of hydrogen-bond acceptors (Lipinski definition) is 2. The number of piperidine rings is 1. The summed E-state index contributed by atoms with van der Waals surface area (Å²) < 4.78 is 13.2. The summed E-state index contributed by atoms with van der Waals surface area (Å²) in [5.41, 5.74) is 2.23. The quantitative estimate of drug-likeness (QED) is 0.867. The highest BCUT2D eigenvalue weighted by atomic mass is 19.1. The standard InChI is InChI=1S/C14H21FN2/c1-17(2)14-10-12(15)7-6-11(14)9-13-5-3-4-8-16-13/h6-7,10,13,16H,3-5,8-9H2,1-2H3. The van der Waals surface area contributed by atoms with Gasteiger partial charge >= 0.3 is 0 Å². The first-order chi connectivity index (χ1) is 8.16. The Morgan fingerprint density at radius 3 is 2.82 bits per heavy atom. The maximum atomic E-state index is 13.2. The van der Waals surface area contributed by atoms with Crippen LogP contribution in [-0.2, 0) is 6.42 Å². The monoisotopic (exact) mass is 236 g/mol. The number of anilines is 1. The second-order valence-electron chi connectivity index (χ2n) is 5.02. The van der Waals surface area contributed by atoms with Crippen LogP contribution in [0.2, 0.25) is 0 Å². The van der Waals surface area contributed by atoms with Crippen molar-refractivity contribution in [2.45, 2.75) is 31.7 Å². The molecule has 0 saturated carbocycles. The number of nitrogens with one attached hydrogen (secondary N) is 1. The molecule has 1 fully saturated rings. The molecule has 1 saturated heterocycles. The second-order valence-corrected chi connectivity index (χ2v) is 5.02. The fourth-order valence-electron chi connectivity index (χ4n) is 2.49. The lowest BCUT2D eigenvalue weighted by atomic mass is 9.96. The molecular formula is C14H21FN2. The highest BCUT2D eigenvalue weighted by Crippen LogP contribution is 2.23. The van der Waals surface area contributed by atoms with Crippen LogP contribution in [0.4, 0.5) is 10.1 Å². The molecule has 1 aromatic rings. The van der Waals surface area contributed by atoms with Gasteiger partial charge < -0.3 is 10.2 Å². The van der Waals surface area contributed by atoms with Crippen molar-refractivity contribution in [1.29, 1.82) is 0 Å². The first kappa shape index (κ1) is 12.4.